The van der Waals surface area contributed by atoms with Crippen LogP contribution >= 0.6 is 11.6 Å². The van der Waals surface area contributed by atoms with Gasteiger partial charge in [-0.2, -0.15) is 0 Å². The molecule has 4 aromatic carbocycles. The Morgan fingerprint density at radius 2 is 1.25 bits per heavy atom. The van der Waals surface area contributed by atoms with Gasteiger partial charge < -0.3 is 85.9 Å². The number of nitrogens with one attached hydrogen (secondary N) is 14. The van der Waals surface area contributed by atoms with Crippen molar-refractivity contribution in [3.8, 4) is 0 Å². The second kappa shape index (κ2) is 42.0. The lowest BCUT2D eigenvalue weighted by Gasteiger charge is -2.31. The number of nitrogens with zero attached hydrogens (tertiary/aromatic N) is 2. The first-order valence-corrected chi connectivity index (χ1v) is 36.2. The highest BCUT2D eigenvalue weighted by atomic mass is 35.5. The highest BCUT2D eigenvalue weighted by Gasteiger charge is 2.41. The van der Waals surface area contributed by atoms with E-state index in [9.17, 15) is 52.7 Å². The Kier molecular flexibility index (Phi) is 32.6. The second-order valence-corrected chi connectivity index (χ2v) is 27.6. The number of likely N-dealkylation sites (tertiary alicyclic amines) is 1. The first kappa shape index (κ1) is 84.6. The maximum Gasteiger partial charge on any atom is 0.245 e. The van der Waals surface area contributed by atoms with Gasteiger partial charge >= 0.3 is 0 Å². The molecule has 2 aliphatic rings. The van der Waals surface area contributed by atoms with Crippen LogP contribution in [0.25, 0.3) is 10.8 Å². The molecule has 35 heteroatoms. The van der Waals surface area contributed by atoms with E-state index in [1.807, 2.05) is 41.8 Å². The molecule has 0 bridgehead atoms. The maximum atomic E-state index is 15.1. The normalized spacial score (nSPS) is 19.4. The van der Waals surface area contributed by atoms with Gasteiger partial charge in [-0.1, -0.05) is 116 Å². The molecule has 3 heterocycles. The zero-order chi connectivity index (χ0) is 79.3. The molecule has 2 saturated heterocycles. The third-order valence-corrected chi connectivity index (χ3v) is 18.4. The second-order valence-electron chi connectivity index (χ2n) is 27.2. The molecule has 1 unspecified atom stereocenters. The lowest BCUT2D eigenvalue weighted by Crippen LogP contribution is -2.61. The number of rotatable bonds is 30. The van der Waals surface area contributed by atoms with Crippen molar-refractivity contribution in [3.05, 3.63) is 149 Å². The first-order valence-electron chi connectivity index (χ1n) is 35.9. The van der Waals surface area contributed by atoms with Gasteiger partial charge in [0.2, 0.25) is 82.7 Å². The number of halogens is 1. The smallest absolute Gasteiger partial charge is 0.245 e. The molecule has 584 valence electrons. The number of amides is 14. The van der Waals surface area contributed by atoms with E-state index in [0.29, 0.717) is 33.7 Å². The third-order valence-electron chi connectivity index (χ3n) is 18.2. The number of hydrazine groups is 1. The zero-order valence-electron chi connectivity index (χ0n) is 60.8. The van der Waals surface area contributed by atoms with E-state index in [1.165, 1.54) is 24.2 Å². The minimum absolute atomic E-state index is 0.00510. The average molecular weight is 1530 g/mol. The Labute approximate surface area is 634 Å². The summed E-state index contributed by atoms with van der Waals surface area (Å²) in [7, 11) is 0. The molecular formula is C74H97ClN20O14. The summed E-state index contributed by atoms with van der Waals surface area (Å²) in [6, 6.07) is 14.6. The molecule has 5 aromatic rings. The monoisotopic (exact) mass is 1520 g/mol. The number of carbonyl (C=O) groups excluding carboxylic acids is 14. The number of benzene rings is 4. The van der Waals surface area contributed by atoms with E-state index in [0.717, 1.165) is 10.8 Å². The summed E-state index contributed by atoms with van der Waals surface area (Å²) in [5.74, 6) is -7.84. The SMILES string of the molecule is CC(=O)N[C@H](Cc1ccc2ccccc2c1)C(=O)N[C@H](Cc1ccc(Cl)cc1)C(=O)N[C@H](Cc1cccnc1)C(=O)N[C@@H](CC(=O)NN)C(=O)N[C@H]1CCC(=O)N[C@H](Cc2ccccc2)C(=O)NCC[C@@H](C(=O)N2CCC[C@H]2C(=O)NC(CN)C(N)=O)NC(=O)[C@H](CC(C)C)NC(=O)[C@@H](CCCNC(=N)N)NC1=O. The summed E-state index contributed by atoms with van der Waals surface area (Å²) in [5.41, 5.74) is 20.8. The number of primary amides is 1. The molecule has 109 heavy (non-hydrogen) atoms. The fourth-order valence-corrected chi connectivity index (χ4v) is 12.7. The van der Waals surface area contributed by atoms with Crippen LogP contribution in [0.15, 0.2) is 122 Å². The number of fused-ring (bicyclic) bond motifs is 1. The quantitative estimate of drug-likeness (QED) is 0.00562. The van der Waals surface area contributed by atoms with E-state index in [4.69, 9.17) is 40.1 Å². The van der Waals surface area contributed by atoms with Crippen LogP contribution in [0.3, 0.4) is 0 Å². The van der Waals surface area contributed by atoms with Crippen LogP contribution in [0.5, 0.6) is 0 Å². The van der Waals surface area contributed by atoms with Crippen molar-refractivity contribution in [1.82, 2.24) is 79.1 Å². The van der Waals surface area contributed by atoms with E-state index in [-0.39, 0.29) is 89.9 Å². The predicted octanol–water partition coefficient (Wildman–Crippen LogP) is -2.55. The standard InChI is InChI=1S/C74H97ClN20O14/c1-41(2)32-53-67(103)88-52(73(109)95-31-11-18-60(95)72(108)93-59(39-76)63(77)99)27-30-82-64(100)54(34-43-12-5-4-6-13-43)85-61(97)26-25-51(66(102)86-50(65(101)89-53)17-10-29-83-74(78)79)87-71(107)58(38-62(98)94-80)92-70(106)57(37-46-14-9-28-81-40-46)91-69(105)56(35-44-20-23-49(75)24-21-44)90-68(104)55(84-42(3)96)36-45-19-22-47-15-7-8-16-48(47)33-45/h4-9,12-16,19-24,28,33,40-41,50-60H,10-11,17-18,25-27,29-32,34-39,76,80H2,1-3H3,(H2,77,99)(H,82,100)(H,84,96)(H,85,97)(H,86,102)(H,87,107)(H,88,103)(H,89,101)(H,90,104)(H,91,105)(H,92,106)(H,93,108)(H,94,98)(H4,78,79,83)/t50-,51+,52+,53+,54-,55-,56-,57-,58+,59?,60+/m1/s1. The lowest BCUT2D eigenvalue weighted by molar-refractivity contribution is -0.142. The van der Waals surface area contributed by atoms with E-state index in [2.05, 4.69) is 68.8 Å². The van der Waals surface area contributed by atoms with Crippen molar-refractivity contribution in [2.45, 2.75) is 171 Å². The van der Waals surface area contributed by atoms with E-state index in [1.54, 1.807) is 86.6 Å². The summed E-state index contributed by atoms with van der Waals surface area (Å²) < 4.78 is 0. The van der Waals surface area contributed by atoms with Gasteiger partial charge in [-0.15, -0.1) is 0 Å². The molecule has 0 spiro atoms. The Morgan fingerprint density at radius 1 is 0.633 bits per heavy atom. The minimum Gasteiger partial charge on any atom is -0.370 e. The molecule has 0 saturated carbocycles. The Balaban J connectivity index is 1.22. The largest absolute Gasteiger partial charge is 0.370 e. The Morgan fingerprint density at radius 3 is 1.88 bits per heavy atom. The fraction of sp³-hybridized carbons (Fsp3) is 0.432. The maximum absolute atomic E-state index is 15.1. The number of guanidine groups is 1. The van der Waals surface area contributed by atoms with Crippen LogP contribution in [0.1, 0.15) is 101 Å². The summed E-state index contributed by atoms with van der Waals surface area (Å²) in [6.07, 6.45) is -0.0751. The number of pyridine rings is 1. The van der Waals surface area contributed by atoms with Gasteiger partial charge in [0.1, 0.15) is 66.5 Å². The third kappa shape index (κ3) is 27.0. The van der Waals surface area contributed by atoms with Gasteiger partial charge in [0.15, 0.2) is 5.96 Å². The van der Waals surface area contributed by atoms with Crippen molar-refractivity contribution in [3.63, 3.8) is 0 Å². The van der Waals surface area contributed by atoms with Gasteiger partial charge in [-0.25, -0.2) is 5.84 Å². The number of aromatic nitrogens is 1. The van der Waals surface area contributed by atoms with Crippen molar-refractivity contribution in [2.24, 2.45) is 29.0 Å². The molecule has 11 atom stereocenters. The predicted molar refractivity (Wildman–Crippen MR) is 401 cm³/mol. The molecule has 2 fully saturated rings. The Hall–Kier alpha value is -11.6. The highest BCUT2D eigenvalue weighted by molar-refractivity contribution is 6.30. The molecule has 0 radical (unpaired) electrons. The molecule has 34 nitrogen and oxygen atoms in total. The number of carbonyl (C=O) groups is 14. The lowest BCUT2D eigenvalue weighted by atomic mass is 9.99. The Bertz CT molecular complexity index is 4070. The van der Waals surface area contributed by atoms with Gasteiger partial charge in [-0.3, -0.25) is 82.9 Å². The van der Waals surface area contributed by atoms with Gasteiger partial charge in [-0.05, 0) is 102 Å². The van der Waals surface area contributed by atoms with Gasteiger partial charge in [0.25, 0.3) is 0 Å². The molecule has 14 amide bonds. The van der Waals surface area contributed by atoms with Crippen LogP contribution in [0.2, 0.25) is 5.02 Å². The number of nitrogens with two attached hydrogens (primary N) is 4. The van der Waals surface area contributed by atoms with Crippen LogP contribution in [-0.2, 0) is 92.8 Å². The van der Waals surface area contributed by atoms with Crippen molar-refractivity contribution >= 4 is 111 Å². The summed E-state index contributed by atoms with van der Waals surface area (Å²) in [4.78, 5) is 205. The summed E-state index contributed by atoms with van der Waals surface area (Å²) in [6.45, 7) is 4.07. The number of hydrogen-bond acceptors (Lipinski definition) is 18. The van der Waals surface area contributed by atoms with Crippen molar-refractivity contribution in [2.75, 3.05) is 26.2 Å². The fourth-order valence-electron chi connectivity index (χ4n) is 12.6. The molecule has 2 aliphatic heterocycles. The zero-order valence-corrected chi connectivity index (χ0v) is 61.5. The summed E-state index contributed by atoms with van der Waals surface area (Å²) in [5, 5.41) is 41.6. The van der Waals surface area contributed by atoms with Crippen LogP contribution in [0.4, 0.5) is 0 Å². The van der Waals surface area contributed by atoms with Crippen LogP contribution in [0, 0.1) is 11.3 Å². The minimum atomic E-state index is -1.97. The molecule has 22 N–H and O–H groups in total. The molecule has 1 aromatic heterocycles. The molecular weight excluding hydrogens is 1430 g/mol. The summed E-state index contributed by atoms with van der Waals surface area (Å²) >= 11 is 6.25. The van der Waals surface area contributed by atoms with E-state index >= 15 is 14.4 Å². The van der Waals surface area contributed by atoms with Gasteiger partial charge in [0, 0.05) is 82.6 Å². The highest BCUT2D eigenvalue weighted by Crippen LogP contribution is 2.22. The molecule has 0 aliphatic carbocycles. The average Bonchev–Trinajstić information content (AvgIpc) is 1.81. The van der Waals surface area contributed by atoms with Crippen LogP contribution < -0.4 is 92.3 Å². The van der Waals surface area contributed by atoms with E-state index < -0.39 is 174 Å². The van der Waals surface area contributed by atoms with Gasteiger partial charge in [0.05, 0.1) is 6.42 Å². The topological polar surface area (TPSA) is 539 Å². The van der Waals surface area contributed by atoms with Crippen molar-refractivity contribution < 1.29 is 67.1 Å². The number of hydrogen-bond donors (Lipinski definition) is 18. The first-order chi connectivity index (χ1) is 52.1. The van der Waals surface area contributed by atoms with Crippen molar-refractivity contribution in [1.29, 1.82) is 5.41 Å². The molecule has 7 rings (SSSR count). The van der Waals surface area contributed by atoms with Crippen LogP contribution in [-0.4, -0.2) is 191 Å².